The molecule has 0 aromatic heterocycles. The van der Waals surface area contributed by atoms with Crippen LogP contribution in [0.15, 0.2) is 0 Å². The van der Waals surface area contributed by atoms with Crippen LogP contribution in [0.25, 0.3) is 0 Å². The molecule has 0 rings (SSSR count). The fourth-order valence-corrected chi connectivity index (χ4v) is 3.36. The van der Waals surface area contributed by atoms with E-state index < -0.39 is 25.6 Å². The topological polar surface area (TPSA) is 82.1 Å². The molecule has 0 saturated heterocycles. The third-order valence-electron chi connectivity index (χ3n) is 2.16. The first-order valence-corrected chi connectivity index (χ1v) is 7.27. The van der Waals surface area contributed by atoms with Crippen LogP contribution in [0.4, 0.5) is 0 Å². The van der Waals surface area contributed by atoms with Crippen molar-refractivity contribution in [3.63, 3.8) is 0 Å². The van der Waals surface area contributed by atoms with Gasteiger partial charge in [0.1, 0.15) is 0 Å². The predicted octanol–water partition coefficient (Wildman–Crippen LogP) is 1.42. The van der Waals surface area contributed by atoms with Crippen molar-refractivity contribution in [2.24, 2.45) is 5.92 Å². The Morgan fingerprint density at radius 3 is 2.06 bits per heavy atom. The fraction of sp³-hybridized carbons (Fsp3) is 0.900. The molecule has 0 amide bonds. The summed E-state index contributed by atoms with van der Waals surface area (Å²) < 4.78 is 26.8. The molecule has 0 heterocycles. The molecule has 0 fully saturated rings. The second kappa shape index (κ2) is 7.82. The van der Waals surface area contributed by atoms with Crippen molar-refractivity contribution >= 4 is 13.6 Å². The molecular formula is C10H21O6P. The summed E-state index contributed by atoms with van der Waals surface area (Å²) in [5, 5.41) is 9.48. The largest absolute Gasteiger partial charge is 0.469 e. The lowest BCUT2D eigenvalue weighted by Gasteiger charge is -2.23. The number of aliphatic hydroxyl groups excluding tert-OH is 1. The average Bonchev–Trinajstić information content (AvgIpc) is 2.25. The highest BCUT2D eigenvalue weighted by Crippen LogP contribution is 2.50. The number of esters is 1. The van der Waals surface area contributed by atoms with Gasteiger partial charge in [0.25, 0.3) is 0 Å². The molecule has 0 aliphatic rings. The number of methoxy groups -OCH3 is 1. The van der Waals surface area contributed by atoms with Gasteiger partial charge in [0.2, 0.25) is 0 Å². The van der Waals surface area contributed by atoms with Gasteiger partial charge in [-0.2, -0.15) is 0 Å². The summed E-state index contributed by atoms with van der Waals surface area (Å²) >= 11 is 0. The normalized spacial score (nSPS) is 15.4. The number of carbonyl (C=O) groups excluding carboxylic acids is 1. The quantitative estimate of drug-likeness (QED) is 0.529. The highest BCUT2D eigenvalue weighted by molar-refractivity contribution is 7.53. The van der Waals surface area contributed by atoms with E-state index in [9.17, 15) is 14.5 Å². The Kier molecular flexibility index (Phi) is 7.63. The minimum Gasteiger partial charge on any atom is -0.469 e. The van der Waals surface area contributed by atoms with Gasteiger partial charge in [-0.25, -0.2) is 0 Å². The van der Waals surface area contributed by atoms with Crippen LogP contribution in [0.1, 0.15) is 20.8 Å². The second-order valence-corrected chi connectivity index (χ2v) is 5.60. The van der Waals surface area contributed by atoms with Gasteiger partial charge in [-0.3, -0.25) is 9.36 Å². The van der Waals surface area contributed by atoms with Crippen molar-refractivity contribution in [1.29, 1.82) is 0 Å². The second-order valence-electron chi connectivity index (χ2n) is 3.50. The zero-order chi connectivity index (χ0) is 13.5. The summed E-state index contributed by atoms with van der Waals surface area (Å²) in [4.78, 5) is 11.4. The molecule has 0 aromatic carbocycles. The molecule has 6 nitrogen and oxygen atoms in total. The Hall–Kier alpha value is -0.420. The number of hydrogen-bond acceptors (Lipinski definition) is 6. The number of hydrogen-bond donors (Lipinski definition) is 1. The van der Waals surface area contributed by atoms with E-state index in [1.165, 1.54) is 14.0 Å². The van der Waals surface area contributed by atoms with Gasteiger partial charge in [-0.1, -0.05) is 0 Å². The highest BCUT2D eigenvalue weighted by Gasteiger charge is 2.35. The van der Waals surface area contributed by atoms with Crippen molar-refractivity contribution in [3.05, 3.63) is 0 Å². The minimum atomic E-state index is -3.36. The van der Waals surface area contributed by atoms with Gasteiger partial charge in [0.15, 0.2) is 0 Å². The van der Waals surface area contributed by atoms with E-state index in [-0.39, 0.29) is 19.4 Å². The van der Waals surface area contributed by atoms with Gasteiger partial charge < -0.3 is 18.9 Å². The van der Waals surface area contributed by atoms with Crippen LogP contribution in [-0.4, -0.2) is 43.7 Å². The van der Waals surface area contributed by atoms with Gasteiger partial charge in [0, 0.05) is 0 Å². The first-order valence-electron chi connectivity index (χ1n) is 5.54. The van der Waals surface area contributed by atoms with Crippen molar-refractivity contribution in [2.75, 3.05) is 26.5 Å². The Morgan fingerprint density at radius 2 is 1.76 bits per heavy atom. The smallest absolute Gasteiger partial charge is 0.331 e. The van der Waals surface area contributed by atoms with Crippen LogP contribution < -0.4 is 0 Å². The molecule has 0 unspecified atom stereocenters. The molecule has 17 heavy (non-hydrogen) atoms. The summed E-state index contributed by atoms with van der Waals surface area (Å²) in [7, 11) is -2.14. The maximum atomic E-state index is 12.2. The molecule has 0 aliphatic heterocycles. The van der Waals surface area contributed by atoms with Crippen LogP contribution in [0, 0.1) is 5.92 Å². The van der Waals surface area contributed by atoms with Crippen LogP contribution in [0.5, 0.6) is 0 Å². The van der Waals surface area contributed by atoms with Gasteiger partial charge in [-0.05, 0) is 20.8 Å². The molecule has 7 heteroatoms. The van der Waals surface area contributed by atoms with Crippen molar-refractivity contribution in [1.82, 2.24) is 0 Å². The molecular weight excluding hydrogens is 247 g/mol. The van der Waals surface area contributed by atoms with Gasteiger partial charge >= 0.3 is 13.6 Å². The number of ether oxygens (including phenoxy) is 1. The first kappa shape index (κ1) is 16.6. The summed E-state index contributed by atoms with van der Waals surface area (Å²) in [6.07, 6.45) is -1.16. The monoisotopic (exact) mass is 268 g/mol. The third kappa shape index (κ3) is 5.64. The summed E-state index contributed by atoms with van der Waals surface area (Å²) in [6, 6.07) is 0. The SMILES string of the molecule is CCOP(=O)(C[C@H](C(=O)OC)[C@@H](C)O)OCC. The lowest BCUT2D eigenvalue weighted by molar-refractivity contribution is -0.148. The maximum absolute atomic E-state index is 12.2. The molecule has 1 N–H and O–H groups in total. The van der Waals surface area contributed by atoms with E-state index in [0.717, 1.165) is 0 Å². The Morgan fingerprint density at radius 1 is 1.29 bits per heavy atom. The maximum Gasteiger partial charge on any atom is 0.331 e. The van der Waals surface area contributed by atoms with E-state index in [1.54, 1.807) is 13.8 Å². The zero-order valence-electron chi connectivity index (χ0n) is 10.7. The van der Waals surface area contributed by atoms with Crippen LogP contribution >= 0.6 is 7.60 Å². The van der Waals surface area contributed by atoms with Crippen LogP contribution in [0.3, 0.4) is 0 Å². The molecule has 0 aliphatic carbocycles. The highest BCUT2D eigenvalue weighted by atomic mass is 31.2. The molecule has 2 atom stereocenters. The van der Waals surface area contributed by atoms with E-state index >= 15 is 0 Å². The van der Waals surface area contributed by atoms with Crippen molar-refractivity contribution in [2.45, 2.75) is 26.9 Å². The molecule has 0 saturated carbocycles. The summed E-state index contributed by atoms with van der Waals surface area (Å²) in [5.74, 6) is -1.54. The van der Waals surface area contributed by atoms with E-state index in [0.29, 0.717) is 0 Å². The molecule has 0 spiro atoms. The van der Waals surface area contributed by atoms with E-state index in [1.807, 2.05) is 0 Å². The van der Waals surface area contributed by atoms with Crippen LogP contribution in [-0.2, 0) is 23.1 Å². The third-order valence-corrected chi connectivity index (χ3v) is 4.30. The van der Waals surface area contributed by atoms with Gasteiger partial charge in [0.05, 0.1) is 38.5 Å². The summed E-state index contributed by atoms with van der Waals surface area (Å²) in [5.41, 5.74) is 0. The first-order chi connectivity index (χ1) is 7.90. The molecule has 0 aromatic rings. The zero-order valence-corrected chi connectivity index (χ0v) is 11.6. The lowest BCUT2D eigenvalue weighted by Crippen LogP contribution is -2.30. The fourth-order valence-electron chi connectivity index (χ4n) is 1.35. The van der Waals surface area contributed by atoms with E-state index in [2.05, 4.69) is 4.74 Å². The van der Waals surface area contributed by atoms with E-state index in [4.69, 9.17) is 9.05 Å². The Bertz CT molecular complexity index is 268. The number of carbonyl (C=O) groups is 1. The lowest BCUT2D eigenvalue weighted by atomic mass is 10.1. The van der Waals surface area contributed by atoms with Crippen LogP contribution in [0.2, 0.25) is 0 Å². The Balaban J connectivity index is 4.79. The number of rotatable bonds is 8. The average molecular weight is 268 g/mol. The minimum absolute atomic E-state index is 0.182. The van der Waals surface area contributed by atoms with Gasteiger partial charge in [-0.15, -0.1) is 0 Å². The molecule has 0 radical (unpaired) electrons. The predicted molar refractivity (Wildman–Crippen MR) is 62.9 cm³/mol. The van der Waals surface area contributed by atoms with Crippen molar-refractivity contribution in [3.8, 4) is 0 Å². The standard InChI is InChI=1S/C10H21O6P/c1-5-15-17(13,16-6-2)7-9(8(3)11)10(12)14-4/h8-9,11H,5-7H2,1-4H3/t8-,9+/m1/s1. The van der Waals surface area contributed by atoms with Crippen molar-refractivity contribution < 1.29 is 28.3 Å². The molecule has 0 bridgehead atoms. The summed E-state index contributed by atoms with van der Waals surface area (Å²) in [6.45, 7) is 5.22. The molecule has 102 valence electrons. The Labute approximate surface area is 102 Å². The number of aliphatic hydroxyl groups is 1.